The first-order valence-corrected chi connectivity index (χ1v) is 9.62. The molecule has 0 aliphatic heterocycles. The number of nitrogens with zero attached hydrogens (tertiary/aromatic N) is 1. The molecule has 2 aromatic rings. The van der Waals surface area contributed by atoms with Crippen molar-refractivity contribution in [2.45, 2.75) is 36.5 Å². The molecule has 1 heterocycles. The Balaban J connectivity index is 1.73. The maximum Gasteiger partial charge on any atom is 0.231 e. The number of thioether (sulfide) groups is 1. The third-order valence-electron chi connectivity index (χ3n) is 3.98. The molecule has 1 aliphatic rings. The van der Waals surface area contributed by atoms with E-state index in [1.54, 1.807) is 23.1 Å². The van der Waals surface area contributed by atoms with E-state index in [0.29, 0.717) is 6.42 Å². The van der Waals surface area contributed by atoms with E-state index >= 15 is 0 Å². The highest BCUT2D eigenvalue weighted by atomic mass is 32.2. The quantitative estimate of drug-likeness (QED) is 0.626. The summed E-state index contributed by atoms with van der Waals surface area (Å²) in [5.74, 6) is 0.779. The van der Waals surface area contributed by atoms with Gasteiger partial charge < -0.3 is 5.32 Å². The molecule has 23 heavy (non-hydrogen) atoms. The van der Waals surface area contributed by atoms with E-state index in [1.807, 2.05) is 24.3 Å². The van der Waals surface area contributed by atoms with Crippen LogP contribution in [-0.4, -0.2) is 11.7 Å². The van der Waals surface area contributed by atoms with E-state index in [2.05, 4.69) is 22.8 Å². The topological polar surface area (TPSA) is 52.9 Å². The van der Waals surface area contributed by atoms with Crippen molar-refractivity contribution in [1.29, 1.82) is 5.26 Å². The van der Waals surface area contributed by atoms with Crippen LogP contribution in [0.15, 0.2) is 40.6 Å². The van der Waals surface area contributed by atoms with Crippen molar-refractivity contribution in [1.82, 2.24) is 0 Å². The fraction of sp³-hybridized carbons (Fsp3) is 0.333. The predicted molar refractivity (Wildman–Crippen MR) is 96.0 cm³/mol. The average molecular weight is 342 g/mol. The number of hydrogen-bond acceptors (Lipinski definition) is 4. The molecule has 0 spiro atoms. The van der Waals surface area contributed by atoms with E-state index in [4.69, 9.17) is 5.26 Å². The molecule has 0 saturated heterocycles. The van der Waals surface area contributed by atoms with Gasteiger partial charge in [-0.3, -0.25) is 4.79 Å². The molecule has 1 aromatic carbocycles. The van der Waals surface area contributed by atoms with Crippen LogP contribution < -0.4 is 5.32 Å². The number of carbonyl (C=O) groups excluding carboxylic acids is 1. The zero-order valence-electron chi connectivity index (χ0n) is 12.7. The van der Waals surface area contributed by atoms with Crippen LogP contribution in [0.1, 0.15) is 35.6 Å². The molecule has 0 fully saturated rings. The normalized spacial score (nSPS) is 16.4. The number of amides is 1. The number of hydrogen-bond donors (Lipinski definition) is 1. The lowest BCUT2D eigenvalue weighted by Gasteiger charge is -2.22. The minimum Gasteiger partial charge on any atom is -0.325 e. The van der Waals surface area contributed by atoms with Crippen molar-refractivity contribution < 1.29 is 4.79 Å². The molecule has 1 atom stereocenters. The molecular formula is C18H18N2OS2. The fourth-order valence-electron chi connectivity index (χ4n) is 2.88. The van der Waals surface area contributed by atoms with E-state index in [9.17, 15) is 4.79 Å². The van der Waals surface area contributed by atoms with Crippen molar-refractivity contribution in [2.75, 3.05) is 11.1 Å². The zero-order valence-corrected chi connectivity index (χ0v) is 14.4. The SMILES string of the molecule is N#CCCSc1ccccc1NC(=O)C1CCCc2sccc21. The molecule has 1 N–H and O–H groups in total. The molecule has 3 rings (SSSR count). The monoisotopic (exact) mass is 342 g/mol. The number of benzene rings is 1. The second kappa shape index (κ2) is 7.67. The van der Waals surface area contributed by atoms with Crippen LogP contribution in [0.2, 0.25) is 0 Å². The third kappa shape index (κ3) is 3.77. The summed E-state index contributed by atoms with van der Waals surface area (Å²) < 4.78 is 0. The number of anilines is 1. The Bertz CT molecular complexity index is 733. The maximum absolute atomic E-state index is 12.7. The summed E-state index contributed by atoms with van der Waals surface area (Å²) in [6.07, 6.45) is 3.59. The van der Waals surface area contributed by atoms with Crippen LogP contribution in [-0.2, 0) is 11.2 Å². The van der Waals surface area contributed by atoms with Crippen LogP contribution in [0.5, 0.6) is 0 Å². The summed E-state index contributed by atoms with van der Waals surface area (Å²) in [6.45, 7) is 0. The largest absolute Gasteiger partial charge is 0.325 e. The number of thiophene rings is 1. The van der Waals surface area contributed by atoms with E-state index < -0.39 is 0 Å². The molecule has 1 amide bonds. The fourth-order valence-corrected chi connectivity index (χ4v) is 4.73. The van der Waals surface area contributed by atoms with Gasteiger partial charge in [0.1, 0.15) is 0 Å². The average Bonchev–Trinajstić information content (AvgIpc) is 3.05. The van der Waals surface area contributed by atoms with E-state index in [-0.39, 0.29) is 11.8 Å². The summed E-state index contributed by atoms with van der Waals surface area (Å²) >= 11 is 3.37. The molecule has 118 valence electrons. The minimum absolute atomic E-state index is 0.0397. The van der Waals surface area contributed by atoms with Gasteiger partial charge in [-0.15, -0.1) is 23.1 Å². The molecule has 1 aliphatic carbocycles. The van der Waals surface area contributed by atoms with Gasteiger partial charge in [0.15, 0.2) is 0 Å². The molecule has 1 unspecified atom stereocenters. The Kier molecular flexibility index (Phi) is 5.37. The number of nitrogens with one attached hydrogen (secondary N) is 1. The van der Waals surface area contributed by atoms with Gasteiger partial charge >= 0.3 is 0 Å². The first kappa shape index (κ1) is 16.1. The van der Waals surface area contributed by atoms with E-state index in [1.165, 1.54) is 10.4 Å². The number of nitriles is 1. The summed E-state index contributed by atoms with van der Waals surface area (Å²) in [4.78, 5) is 15.1. The highest BCUT2D eigenvalue weighted by Crippen LogP contribution is 2.36. The number of rotatable bonds is 5. The lowest BCUT2D eigenvalue weighted by molar-refractivity contribution is -0.117. The predicted octanol–water partition coefficient (Wildman–Crippen LogP) is 4.81. The van der Waals surface area contributed by atoms with Crippen LogP contribution in [0, 0.1) is 11.3 Å². The lowest BCUT2D eigenvalue weighted by atomic mass is 9.87. The van der Waals surface area contributed by atoms with Crippen molar-refractivity contribution in [3.63, 3.8) is 0 Å². The number of carbonyl (C=O) groups is 1. The van der Waals surface area contributed by atoms with Crippen LogP contribution in [0.25, 0.3) is 0 Å². The Morgan fingerprint density at radius 1 is 1.39 bits per heavy atom. The first-order chi connectivity index (χ1) is 11.3. The van der Waals surface area contributed by atoms with Gasteiger partial charge in [-0.05, 0) is 48.4 Å². The smallest absolute Gasteiger partial charge is 0.231 e. The van der Waals surface area contributed by atoms with E-state index in [0.717, 1.165) is 35.6 Å². The number of fused-ring (bicyclic) bond motifs is 1. The van der Waals surface area contributed by atoms with Crippen LogP contribution in [0.3, 0.4) is 0 Å². The standard InChI is InChI=1S/C18H18N2OS2/c19-10-4-11-22-17-7-2-1-6-15(17)20-18(21)14-5-3-8-16-13(14)9-12-23-16/h1-2,6-7,9,12,14H,3-5,8,11H2,(H,20,21). The van der Waals surface area contributed by atoms with Crippen molar-refractivity contribution in [3.8, 4) is 6.07 Å². The molecule has 5 heteroatoms. The molecule has 0 bridgehead atoms. The Hall–Kier alpha value is -1.77. The second-order valence-electron chi connectivity index (χ2n) is 5.49. The van der Waals surface area contributed by atoms with Crippen LogP contribution in [0.4, 0.5) is 5.69 Å². The molecular weight excluding hydrogens is 324 g/mol. The van der Waals surface area contributed by atoms with Gasteiger partial charge in [0, 0.05) is 21.9 Å². The van der Waals surface area contributed by atoms with Gasteiger partial charge in [0.2, 0.25) is 5.91 Å². The molecule has 0 saturated carbocycles. The van der Waals surface area contributed by atoms with Gasteiger partial charge in [0.05, 0.1) is 17.7 Å². The summed E-state index contributed by atoms with van der Waals surface area (Å²) in [6, 6.07) is 12.1. The summed E-state index contributed by atoms with van der Waals surface area (Å²) in [5.41, 5.74) is 2.05. The summed E-state index contributed by atoms with van der Waals surface area (Å²) in [5, 5.41) is 13.9. The Morgan fingerprint density at radius 2 is 2.26 bits per heavy atom. The maximum atomic E-state index is 12.7. The van der Waals surface area contributed by atoms with Gasteiger partial charge in [0.25, 0.3) is 0 Å². The van der Waals surface area contributed by atoms with Gasteiger partial charge in [-0.2, -0.15) is 5.26 Å². The third-order valence-corrected chi connectivity index (χ3v) is 6.06. The zero-order chi connectivity index (χ0) is 16.1. The molecule has 3 nitrogen and oxygen atoms in total. The van der Waals surface area contributed by atoms with Crippen molar-refractivity contribution in [3.05, 3.63) is 46.2 Å². The highest BCUT2D eigenvalue weighted by molar-refractivity contribution is 7.99. The first-order valence-electron chi connectivity index (χ1n) is 7.75. The lowest BCUT2D eigenvalue weighted by Crippen LogP contribution is -2.24. The highest BCUT2D eigenvalue weighted by Gasteiger charge is 2.27. The Morgan fingerprint density at radius 3 is 3.13 bits per heavy atom. The summed E-state index contributed by atoms with van der Waals surface area (Å²) in [7, 11) is 0. The van der Waals surface area contributed by atoms with Crippen molar-refractivity contribution >= 4 is 34.7 Å². The Labute approximate surface area is 144 Å². The van der Waals surface area contributed by atoms with Gasteiger partial charge in [-0.1, -0.05) is 12.1 Å². The second-order valence-corrected chi connectivity index (χ2v) is 7.62. The van der Waals surface area contributed by atoms with Crippen molar-refractivity contribution in [2.24, 2.45) is 0 Å². The minimum atomic E-state index is -0.0397. The number of para-hydroxylation sites is 1. The van der Waals surface area contributed by atoms with Crippen LogP contribution >= 0.6 is 23.1 Å². The molecule has 1 aromatic heterocycles. The molecule has 0 radical (unpaired) electrons. The number of aryl methyl sites for hydroxylation is 1. The van der Waals surface area contributed by atoms with Gasteiger partial charge in [-0.25, -0.2) is 0 Å².